The van der Waals surface area contributed by atoms with Gasteiger partial charge in [0.15, 0.2) is 0 Å². The summed E-state index contributed by atoms with van der Waals surface area (Å²) in [6, 6.07) is 18.1. The summed E-state index contributed by atoms with van der Waals surface area (Å²) in [4.78, 5) is 0. The first-order valence-electron chi connectivity index (χ1n) is 9.84. The molecule has 0 unspecified atom stereocenters. The van der Waals surface area contributed by atoms with Crippen molar-refractivity contribution >= 4 is 10.8 Å². The van der Waals surface area contributed by atoms with Crippen molar-refractivity contribution in [1.82, 2.24) is 0 Å². The Morgan fingerprint density at radius 3 is 1.96 bits per heavy atom. The van der Waals surface area contributed by atoms with Crippen LogP contribution in [-0.4, -0.2) is 0 Å². The predicted molar refractivity (Wildman–Crippen MR) is 116 cm³/mol. The molecule has 0 aromatic heterocycles. The van der Waals surface area contributed by atoms with Gasteiger partial charge in [-0.3, -0.25) is 0 Å². The van der Waals surface area contributed by atoms with Crippen molar-refractivity contribution < 1.29 is 26.2 Å². The fourth-order valence-electron chi connectivity index (χ4n) is 4.23. The summed E-state index contributed by atoms with van der Waals surface area (Å²) < 4.78 is 0. The fourth-order valence-corrected chi connectivity index (χ4v) is 4.23. The first-order chi connectivity index (χ1) is 12.0. The first-order valence-corrected chi connectivity index (χ1v) is 9.84. The molecule has 0 amide bonds. The number of benzene rings is 2. The van der Waals surface area contributed by atoms with Crippen molar-refractivity contribution in [3.63, 3.8) is 0 Å². The molecule has 1 heteroatoms. The minimum atomic E-state index is 0. The largest absolute Gasteiger partial charge is 0.145 e. The third-order valence-electron chi connectivity index (χ3n) is 5.31. The SMILES string of the molecule is CC(C)c1c(C(C)(C)C)ccc(-c2cc3ccccc3[cH-]2)c1C(C)(C)C.[Zr]. The Morgan fingerprint density at radius 1 is 0.815 bits per heavy atom. The van der Waals surface area contributed by atoms with Gasteiger partial charge in [-0.15, -0.1) is 34.5 Å². The maximum Gasteiger partial charge on any atom is 0 e. The molecule has 0 heterocycles. The molecule has 0 N–H and O–H groups in total. The molecule has 0 aliphatic rings. The van der Waals surface area contributed by atoms with E-state index in [0.29, 0.717) is 5.92 Å². The maximum absolute atomic E-state index is 2.37. The smallest absolute Gasteiger partial charge is 0 e. The Labute approximate surface area is 184 Å². The average molecular weight is 437 g/mol. The molecule has 27 heavy (non-hydrogen) atoms. The summed E-state index contributed by atoms with van der Waals surface area (Å²) in [7, 11) is 0. The summed E-state index contributed by atoms with van der Waals surface area (Å²) in [5.41, 5.74) is 7.51. The van der Waals surface area contributed by atoms with Gasteiger partial charge >= 0.3 is 0 Å². The summed E-state index contributed by atoms with van der Waals surface area (Å²) in [5.74, 6) is 0.503. The molecule has 0 aliphatic heterocycles. The Bertz CT molecular complexity index is 894. The molecular weight excluding hydrogens is 404 g/mol. The summed E-state index contributed by atoms with van der Waals surface area (Å²) in [6.45, 7) is 18.7. The van der Waals surface area contributed by atoms with Crippen molar-refractivity contribution in [2.75, 3.05) is 0 Å². The van der Waals surface area contributed by atoms with Crippen molar-refractivity contribution in [2.45, 2.75) is 72.1 Å². The van der Waals surface area contributed by atoms with E-state index in [4.69, 9.17) is 0 Å². The van der Waals surface area contributed by atoms with Crippen molar-refractivity contribution in [3.8, 4) is 11.1 Å². The monoisotopic (exact) mass is 435 g/mol. The van der Waals surface area contributed by atoms with E-state index in [0.717, 1.165) is 0 Å². The van der Waals surface area contributed by atoms with E-state index in [1.165, 1.54) is 38.6 Å². The van der Waals surface area contributed by atoms with Crippen LogP contribution in [0, 0.1) is 0 Å². The number of hydrogen-bond acceptors (Lipinski definition) is 0. The first kappa shape index (κ1) is 22.2. The van der Waals surface area contributed by atoms with Gasteiger partial charge in [0.25, 0.3) is 0 Å². The van der Waals surface area contributed by atoms with Crippen molar-refractivity contribution in [3.05, 3.63) is 65.2 Å². The second kappa shape index (κ2) is 7.75. The molecule has 0 radical (unpaired) electrons. The van der Waals surface area contributed by atoms with Crippen LogP contribution in [0.5, 0.6) is 0 Å². The summed E-state index contributed by atoms with van der Waals surface area (Å²) >= 11 is 0. The van der Waals surface area contributed by atoms with Crippen molar-refractivity contribution in [1.29, 1.82) is 0 Å². The van der Waals surface area contributed by atoms with Gasteiger partial charge in [-0.1, -0.05) is 96.8 Å². The topological polar surface area (TPSA) is 0 Å². The molecular formula is C26H33Zr-. The van der Waals surface area contributed by atoms with E-state index < -0.39 is 0 Å². The van der Waals surface area contributed by atoms with Gasteiger partial charge in [0, 0.05) is 26.2 Å². The van der Waals surface area contributed by atoms with Gasteiger partial charge in [0.1, 0.15) is 0 Å². The second-order valence-electron chi connectivity index (χ2n) is 9.98. The molecule has 142 valence electrons. The average Bonchev–Trinajstić information content (AvgIpc) is 2.95. The zero-order valence-electron chi connectivity index (χ0n) is 18.2. The van der Waals surface area contributed by atoms with Crippen molar-refractivity contribution in [2.24, 2.45) is 0 Å². The number of rotatable bonds is 2. The minimum Gasteiger partial charge on any atom is -0.145 e. The molecule has 0 saturated carbocycles. The van der Waals surface area contributed by atoms with Crippen LogP contribution in [0.15, 0.2) is 48.5 Å². The molecule has 3 aromatic rings. The molecule has 0 spiro atoms. The third kappa shape index (κ3) is 4.35. The second-order valence-corrected chi connectivity index (χ2v) is 9.98. The molecule has 0 nitrogen and oxygen atoms in total. The van der Waals surface area contributed by atoms with Crippen LogP contribution in [0.3, 0.4) is 0 Å². The number of hydrogen-bond donors (Lipinski definition) is 0. The zero-order chi connectivity index (χ0) is 19.3. The Hall–Kier alpha value is -1.07. The Kier molecular flexibility index (Phi) is 6.38. The van der Waals surface area contributed by atoms with E-state index in [9.17, 15) is 0 Å². The minimum absolute atomic E-state index is 0. The van der Waals surface area contributed by atoms with Gasteiger partial charge in [0.05, 0.1) is 0 Å². The standard InChI is InChI=1S/C26H33.Zr/c1-17(2)23-22(25(3,4)5)14-13-21(24(23)26(6,7)8)20-15-18-11-9-10-12-19(18)16-20;/h9-17H,1-8H3;/q-1;. The van der Waals surface area contributed by atoms with E-state index >= 15 is 0 Å². The van der Waals surface area contributed by atoms with Gasteiger partial charge in [-0.2, -0.15) is 0 Å². The maximum atomic E-state index is 2.37. The molecule has 0 bridgehead atoms. The third-order valence-corrected chi connectivity index (χ3v) is 5.31. The van der Waals surface area contributed by atoms with Gasteiger partial charge in [-0.25, -0.2) is 0 Å². The molecule has 0 saturated heterocycles. The Balaban J connectivity index is 0.00000261. The van der Waals surface area contributed by atoms with Crippen LogP contribution in [0.25, 0.3) is 21.9 Å². The normalized spacial score (nSPS) is 12.5. The quantitative estimate of drug-likeness (QED) is 0.358. The molecule has 0 aliphatic carbocycles. The molecule has 3 rings (SSSR count). The van der Waals surface area contributed by atoms with Crippen LogP contribution in [0.4, 0.5) is 0 Å². The fraction of sp³-hybridized carbons (Fsp3) is 0.423. The van der Waals surface area contributed by atoms with Gasteiger partial charge in [-0.05, 0) is 27.9 Å². The summed E-state index contributed by atoms with van der Waals surface area (Å²) in [6.07, 6.45) is 0. The van der Waals surface area contributed by atoms with Crippen LogP contribution >= 0.6 is 0 Å². The van der Waals surface area contributed by atoms with Crippen LogP contribution in [-0.2, 0) is 37.0 Å². The van der Waals surface area contributed by atoms with E-state index in [1.54, 1.807) is 0 Å². The predicted octanol–water partition coefficient (Wildman–Crippen LogP) is 7.94. The molecule has 0 atom stereocenters. The number of fused-ring (bicyclic) bond motifs is 1. The van der Waals surface area contributed by atoms with Gasteiger partial charge in [0.2, 0.25) is 0 Å². The van der Waals surface area contributed by atoms with E-state index in [-0.39, 0.29) is 37.0 Å². The van der Waals surface area contributed by atoms with E-state index in [2.05, 4.69) is 104 Å². The van der Waals surface area contributed by atoms with E-state index in [1.807, 2.05) is 0 Å². The van der Waals surface area contributed by atoms with Crippen LogP contribution in [0.2, 0.25) is 0 Å². The molecule has 3 aromatic carbocycles. The molecule has 0 fully saturated rings. The van der Waals surface area contributed by atoms with Crippen LogP contribution < -0.4 is 0 Å². The Morgan fingerprint density at radius 2 is 1.44 bits per heavy atom. The van der Waals surface area contributed by atoms with Crippen LogP contribution in [0.1, 0.15) is 78.0 Å². The zero-order valence-corrected chi connectivity index (χ0v) is 20.7. The van der Waals surface area contributed by atoms with Gasteiger partial charge < -0.3 is 0 Å². The summed E-state index contributed by atoms with van der Waals surface area (Å²) in [5, 5.41) is 2.65.